The standard InChI is InChI=1S/C28H48O10S.Na/c1-12(2)13(3)22(31)23(32)14(4)16-11-18(30)20-19-15(7-9-28(16,20)6)27(5)10-8-17(29)24(33)21(27)25(34)26(19)38-39(35,36)37;/h12-17,19-26,29,31-34H,7-11H2,1-6H3,(H,35,36,37);/q;+1/p-1/t13-,14-,15-,16+,17-,19+,20+,21+,22+,23+,24+,25+,26+,27+,28+;/m0./s1. The van der Waals surface area contributed by atoms with Crippen molar-refractivity contribution >= 4 is 16.2 Å². The SMILES string of the molecule is CC(C)[C@H](C)[C@@H](O)[C@H](O)[C@@H](C)[C@H]1CC(=O)[C@@H]2[C@@H]3[C@@H](OS(=O)(=O)[O-])[C@H](O)[C@H]4[C@H](O)[C@@H](O)CC[C@]4(C)[C@H]3CC[C@]12C.[Na+]. The van der Waals surface area contributed by atoms with Crippen LogP contribution in [0.15, 0.2) is 0 Å². The van der Waals surface area contributed by atoms with E-state index in [1.165, 1.54) is 0 Å². The number of rotatable bonds is 7. The minimum absolute atomic E-state index is 0. The summed E-state index contributed by atoms with van der Waals surface area (Å²) in [6, 6.07) is 0. The van der Waals surface area contributed by atoms with E-state index in [1.807, 2.05) is 41.5 Å². The number of aliphatic hydroxyl groups excluding tert-OH is 5. The van der Waals surface area contributed by atoms with Crippen molar-refractivity contribution in [3.05, 3.63) is 0 Å². The number of fused-ring (bicyclic) bond motifs is 5. The molecule has 4 aliphatic carbocycles. The van der Waals surface area contributed by atoms with Crippen molar-refractivity contribution in [3.63, 3.8) is 0 Å². The van der Waals surface area contributed by atoms with Gasteiger partial charge >= 0.3 is 29.6 Å². The van der Waals surface area contributed by atoms with Crippen molar-refractivity contribution < 1.29 is 77.0 Å². The zero-order chi connectivity index (χ0) is 29.4. The average Bonchev–Trinajstić information content (AvgIpc) is 3.11. The van der Waals surface area contributed by atoms with Gasteiger partial charge in [0, 0.05) is 24.2 Å². The number of hydrogen-bond donors (Lipinski definition) is 5. The fourth-order valence-electron chi connectivity index (χ4n) is 9.43. The Kier molecular flexibility index (Phi) is 10.5. The maximum Gasteiger partial charge on any atom is 1.00 e. The Bertz CT molecular complexity index is 1040. The van der Waals surface area contributed by atoms with Crippen LogP contribution in [0.25, 0.3) is 0 Å². The third-order valence-electron chi connectivity index (χ3n) is 11.9. The third kappa shape index (κ3) is 5.64. The number of aliphatic hydroxyl groups is 5. The van der Waals surface area contributed by atoms with E-state index in [9.17, 15) is 43.3 Å². The van der Waals surface area contributed by atoms with Crippen molar-refractivity contribution in [3.8, 4) is 0 Å². The van der Waals surface area contributed by atoms with Crippen LogP contribution in [-0.2, 0) is 19.4 Å². The molecule has 0 aliphatic heterocycles. The summed E-state index contributed by atoms with van der Waals surface area (Å²) >= 11 is 0. The maximum atomic E-state index is 13.8. The molecule has 0 aromatic rings. The molecule has 0 saturated heterocycles. The molecule has 0 aromatic heterocycles. The van der Waals surface area contributed by atoms with E-state index in [-0.39, 0.29) is 65.4 Å². The van der Waals surface area contributed by atoms with E-state index in [1.54, 1.807) is 0 Å². The topological polar surface area (TPSA) is 185 Å². The van der Waals surface area contributed by atoms with E-state index >= 15 is 0 Å². The smallest absolute Gasteiger partial charge is 0.726 e. The van der Waals surface area contributed by atoms with Crippen LogP contribution in [0.4, 0.5) is 0 Å². The molecule has 4 aliphatic rings. The van der Waals surface area contributed by atoms with Crippen LogP contribution in [-0.4, -0.2) is 80.9 Å². The van der Waals surface area contributed by atoms with E-state index in [0.717, 1.165) is 0 Å². The molecule has 10 nitrogen and oxygen atoms in total. The van der Waals surface area contributed by atoms with E-state index < -0.39 is 81.5 Å². The van der Waals surface area contributed by atoms with Crippen molar-refractivity contribution in [2.24, 2.45) is 58.2 Å². The second kappa shape index (κ2) is 12.0. The van der Waals surface area contributed by atoms with Crippen molar-refractivity contribution in [2.45, 2.75) is 110 Å². The number of carbonyl (C=O) groups excluding carboxylic acids is 1. The molecule has 0 bridgehead atoms. The molecule has 0 radical (unpaired) electrons. The fraction of sp³-hybridized carbons (Fsp3) is 0.964. The van der Waals surface area contributed by atoms with E-state index in [4.69, 9.17) is 4.18 Å². The van der Waals surface area contributed by atoms with Crippen molar-refractivity contribution in [2.75, 3.05) is 0 Å². The molecule has 4 fully saturated rings. The molecule has 0 aromatic carbocycles. The van der Waals surface area contributed by atoms with Crippen molar-refractivity contribution in [1.82, 2.24) is 0 Å². The van der Waals surface area contributed by atoms with Crippen LogP contribution in [0.1, 0.15) is 73.6 Å². The first-order valence-corrected chi connectivity index (χ1v) is 15.8. The Balaban J connectivity index is 0.00000441. The summed E-state index contributed by atoms with van der Waals surface area (Å²) in [5.74, 6) is -3.73. The average molecular weight is 599 g/mol. The quantitative estimate of drug-likeness (QED) is 0.128. The number of carbonyl (C=O) groups is 1. The minimum atomic E-state index is -5.27. The maximum absolute atomic E-state index is 13.8. The first-order valence-electron chi connectivity index (χ1n) is 14.4. The third-order valence-corrected chi connectivity index (χ3v) is 12.4. The van der Waals surface area contributed by atoms with Gasteiger partial charge in [-0.2, -0.15) is 0 Å². The second-order valence-electron chi connectivity index (χ2n) is 14.0. The van der Waals surface area contributed by atoms with Crippen LogP contribution >= 0.6 is 0 Å². The predicted octanol–water partition coefficient (Wildman–Crippen LogP) is -1.76. The van der Waals surface area contributed by atoms with Crippen LogP contribution in [0, 0.1) is 58.2 Å². The van der Waals surface area contributed by atoms with Gasteiger partial charge in [0.05, 0.1) is 30.5 Å². The van der Waals surface area contributed by atoms with E-state index in [2.05, 4.69) is 0 Å². The normalized spacial score (nSPS) is 46.4. The van der Waals surface area contributed by atoms with Gasteiger partial charge in [-0.15, -0.1) is 0 Å². The Morgan fingerprint density at radius 3 is 2.08 bits per heavy atom. The first kappa shape index (κ1) is 34.8. The Labute approximate surface area is 260 Å². The number of hydrogen-bond acceptors (Lipinski definition) is 10. The zero-order valence-corrected chi connectivity index (χ0v) is 27.6. The summed E-state index contributed by atoms with van der Waals surface area (Å²) in [6.45, 7) is 11.5. The summed E-state index contributed by atoms with van der Waals surface area (Å²) in [5, 5.41) is 54.9. The van der Waals surface area contributed by atoms with Gasteiger partial charge in [-0.05, 0) is 66.1 Å². The Hall–Kier alpha value is 0.340. The molecule has 0 spiro atoms. The Morgan fingerprint density at radius 1 is 0.950 bits per heavy atom. The molecule has 4 saturated carbocycles. The summed E-state index contributed by atoms with van der Waals surface area (Å²) in [7, 11) is -5.27. The van der Waals surface area contributed by atoms with Crippen LogP contribution in [0.3, 0.4) is 0 Å². The molecule has 5 N–H and O–H groups in total. The molecule has 0 unspecified atom stereocenters. The van der Waals surface area contributed by atoms with Crippen molar-refractivity contribution in [1.29, 1.82) is 0 Å². The number of Topliss-reactive ketones (excluding diaryl/α,β-unsaturated/α-hetero) is 1. The molecule has 12 heteroatoms. The summed E-state index contributed by atoms with van der Waals surface area (Å²) in [5.41, 5.74) is -1.41. The molecule has 0 heterocycles. The Morgan fingerprint density at radius 2 is 1.52 bits per heavy atom. The van der Waals surface area contributed by atoms with Gasteiger partial charge in [0.15, 0.2) is 0 Å². The molecule has 15 atom stereocenters. The summed E-state index contributed by atoms with van der Waals surface area (Å²) in [4.78, 5) is 13.8. The van der Waals surface area contributed by atoms with Gasteiger partial charge in [0.25, 0.3) is 0 Å². The van der Waals surface area contributed by atoms with E-state index in [0.29, 0.717) is 25.7 Å². The zero-order valence-electron chi connectivity index (χ0n) is 24.8. The van der Waals surface area contributed by atoms with Crippen LogP contribution in [0.2, 0.25) is 0 Å². The predicted molar refractivity (Wildman–Crippen MR) is 140 cm³/mol. The number of ketones is 1. The molecule has 4 rings (SSSR count). The molecular formula is C28H47NaO10S. The monoisotopic (exact) mass is 598 g/mol. The molecule has 226 valence electrons. The summed E-state index contributed by atoms with van der Waals surface area (Å²) < 4.78 is 40.6. The van der Waals surface area contributed by atoms with Gasteiger partial charge in [0.2, 0.25) is 10.4 Å². The van der Waals surface area contributed by atoms with Gasteiger partial charge in [0.1, 0.15) is 11.9 Å². The van der Waals surface area contributed by atoms with Gasteiger partial charge in [-0.25, -0.2) is 8.42 Å². The van der Waals surface area contributed by atoms with Gasteiger partial charge < -0.3 is 30.1 Å². The van der Waals surface area contributed by atoms with Gasteiger partial charge in [-0.3, -0.25) is 8.98 Å². The largest absolute Gasteiger partial charge is 1.00 e. The first-order chi connectivity index (χ1) is 17.9. The van der Waals surface area contributed by atoms with Gasteiger partial charge in [-0.1, -0.05) is 41.5 Å². The van der Waals surface area contributed by atoms with Crippen LogP contribution in [0.5, 0.6) is 0 Å². The fourth-order valence-corrected chi connectivity index (χ4v) is 9.94. The molecular weight excluding hydrogens is 551 g/mol. The minimum Gasteiger partial charge on any atom is -0.726 e. The second-order valence-corrected chi connectivity index (χ2v) is 15.0. The molecule has 0 amide bonds. The summed E-state index contributed by atoms with van der Waals surface area (Å²) in [6.07, 6.45) is -5.63. The molecule has 40 heavy (non-hydrogen) atoms. The van der Waals surface area contributed by atoms with Crippen LogP contribution < -0.4 is 29.6 Å².